The second kappa shape index (κ2) is 7.22. The van der Waals surface area contributed by atoms with Gasteiger partial charge in [0.05, 0.1) is 6.04 Å². The molecule has 1 aromatic carbocycles. The summed E-state index contributed by atoms with van der Waals surface area (Å²) in [5.41, 5.74) is 1.18. The maximum Gasteiger partial charge on any atom is 0.321 e. The van der Waals surface area contributed by atoms with Crippen molar-refractivity contribution in [2.45, 2.75) is 45.3 Å². The van der Waals surface area contributed by atoms with Gasteiger partial charge < -0.3 is 5.32 Å². The number of amides is 3. The van der Waals surface area contributed by atoms with E-state index in [1.54, 1.807) is 0 Å². The molecular weight excluding hydrogens is 266 g/mol. The zero-order chi connectivity index (χ0) is 15.2. The Morgan fingerprint density at radius 2 is 1.95 bits per heavy atom. The molecule has 114 valence electrons. The first-order valence-corrected chi connectivity index (χ1v) is 7.50. The molecule has 2 rings (SSSR count). The SMILES string of the molecule is CCNC(=O)NC(=O)C(C)N(Cc1ccccc1)C1CC1. The van der Waals surface area contributed by atoms with Gasteiger partial charge in [0.15, 0.2) is 0 Å². The van der Waals surface area contributed by atoms with Crippen LogP contribution < -0.4 is 10.6 Å². The van der Waals surface area contributed by atoms with E-state index in [2.05, 4.69) is 27.7 Å². The molecule has 0 aliphatic heterocycles. The Morgan fingerprint density at radius 1 is 1.29 bits per heavy atom. The van der Waals surface area contributed by atoms with Crippen LogP contribution in [0.2, 0.25) is 0 Å². The van der Waals surface area contributed by atoms with E-state index in [1.165, 1.54) is 5.56 Å². The average Bonchev–Trinajstić information content (AvgIpc) is 3.30. The van der Waals surface area contributed by atoms with Crippen molar-refractivity contribution in [1.82, 2.24) is 15.5 Å². The largest absolute Gasteiger partial charge is 0.338 e. The van der Waals surface area contributed by atoms with E-state index in [1.807, 2.05) is 32.0 Å². The number of nitrogens with zero attached hydrogens (tertiary/aromatic N) is 1. The van der Waals surface area contributed by atoms with E-state index >= 15 is 0 Å². The molecule has 0 bridgehead atoms. The zero-order valence-electron chi connectivity index (χ0n) is 12.6. The summed E-state index contributed by atoms with van der Waals surface area (Å²) >= 11 is 0. The van der Waals surface area contributed by atoms with Crippen LogP contribution in [0.1, 0.15) is 32.3 Å². The van der Waals surface area contributed by atoms with E-state index in [0.717, 1.165) is 19.4 Å². The second-order valence-electron chi connectivity index (χ2n) is 5.41. The lowest BCUT2D eigenvalue weighted by molar-refractivity contribution is -0.125. The Labute approximate surface area is 125 Å². The molecule has 0 heterocycles. The molecule has 3 amide bonds. The molecule has 1 aliphatic rings. The third-order valence-electron chi connectivity index (χ3n) is 3.67. The highest BCUT2D eigenvalue weighted by atomic mass is 16.2. The number of benzene rings is 1. The summed E-state index contributed by atoms with van der Waals surface area (Å²) in [6.45, 7) is 4.91. The van der Waals surface area contributed by atoms with E-state index in [-0.39, 0.29) is 11.9 Å². The standard InChI is InChI=1S/C16H23N3O2/c1-3-17-16(21)18-15(20)12(2)19(14-9-10-14)11-13-7-5-4-6-8-13/h4-8,12,14H,3,9-11H2,1-2H3,(H2,17,18,20,21). The van der Waals surface area contributed by atoms with Crippen LogP contribution in [0.4, 0.5) is 4.79 Å². The van der Waals surface area contributed by atoms with Crippen molar-refractivity contribution in [3.05, 3.63) is 35.9 Å². The van der Waals surface area contributed by atoms with Crippen LogP contribution in [0.3, 0.4) is 0 Å². The summed E-state index contributed by atoms with van der Waals surface area (Å²) in [5, 5.41) is 4.97. The molecule has 0 radical (unpaired) electrons. The van der Waals surface area contributed by atoms with Crippen molar-refractivity contribution < 1.29 is 9.59 Å². The van der Waals surface area contributed by atoms with Gasteiger partial charge in [0, 0.05) is 19.1 Å². The monoisotopic (exact) mass is 289 g/mol. The third-order valence-corrected chi connectivity index (χ3v) is 3.67. The average molecular weight is 289 g/mol. The van der Waals surface area contributed by atoms with E-state index in [0.29, 0.717) is 12.6 Å². The second-order valence-corrected chi connectivity index (χ2v) is 5.41. The van der Waals surface area contributed by atoms with Crippen molar-refractivity contribution >= 4 is 11.9 Å². The van der Waals surface area contributed by atoms with Crippen LogP contribution in [-0.4, -0.2) is 35.5 Å². The summed E-state index contributed by atoms with van der Waals surface area (Å²) in [5.74, 6) is -0.246. The minimum absolute atomic E-state index is 0.246. The fourth-order valence-electron chi connectivity index (χ4n) is 2.35. The normalized spacial score (nSPS) is 15.6. The molecule has 21 heavy (non-hydrogen) atoms. The lowest BCUT2D eigenvalue weighted by Crippen LogP contribution is -2.50. The third kappa shape index (κ3) is 4.56. The topological polar surface area (TPSA) is 61.4 Å². The Kier molecular flexibility index (Phi) is 5.33. The highest BCUT2D eigenvalue weighted by Gasteiger charge is 2.35. The van der Waals surface area contributed by atoms with Gasteiger partial charge in [-0.2, -0.15) is 0 Å². The maximum atomic E-state index is 12.2. The van der Waals surface area contributed by atoms with Gasteiger partial charge in [0.1, 0.15) is 0 Å². The summed E-state index contributed by atoms with van der Waals surface area (Å²) < 4.78 is 0. The van der Waals surface area contributed by atoms with E-state index < -0.39 is 6.03 Å². The number of imide groups is 1. The maximum absolute atomic E-state index is 12.2. The lowest BCUT2D eigenvalue weighted by Gasteiger charge is -2.28. The summed E-state index contributed by atoms with van der Waals surface area (Å²) in [6, 6.07) is 9.80. The number of hydrogen-bond acceptors (Lipinski definition) is 3. The Hall–Kier alpha value is -1.88. The first-order valence-electron chi connectivity index (χ1n) is 7.50. The van der Waals surface area contributed by atoms with Gasteiger partial charge in [-0.25, -0.2) is 4.79 Å². The summed E-state index contributed by atoms with van der Waals surface area (Å²) in [7, 11) is 0. The van der Waals surface area contributed by atoms with Gasteiger partial charge in [-0.3, -0.25) is 15.0 Å². The van der Waals surface area contributed by atoms with Crippen molar-refractivity contribution in [1.29, 1.82) is 0 Å². The van der Waals surface area contributed by atoms with Crippen molar-refractivity contribution in [2.75, 3.05) is 6.54 Å². The minimum Gasteiger partial charge on any atom is -0.338 e. The highest BCUT2D eigenvalue weighted by molar-refractivity contribution is 5.96. The number of hydrogen-bond donors (Lipinski definition) is 2. The molecule has 1 saturated carbocycles. The molecule has 1 aromatic rings. The molecule has 1 aliphatic carbocycles. The molecule has 1 fully saturated rings. The molecule has 5 nitrogen and oxygen atoms in total. The van der Waals surface area contributed by atoms with Crippen LogP contribution in [0.15, 0.2) is 30.3 Å². The van der Waals surface area contributed by atoms with Crippen LogP contribution >= 0.6 is 0 Å². The number of urea groups is 1. The predicted molar refractivity (Wildman–Crippen MR) is 81.7 cm³/mol. The van der Waals surface area contributed by atoms with Crippen molar-refractivity contribution in [2.24, 2.45) is 0 Å². The van der Waals surface area contributed by atoms with Gasteiger partial charge >= 0.3 is 6.03 Å². The Morgan fingerprint density at radius 3 is 2.52 bits per heavy atom. The number of rotatable bonds is 6. The fraction of sp³-hybridized carbons (Fsp3) is 0.500. The van der Waals surface area contributed by atoms with E-state index in [4.69, 9.17) is 0 Å². The van der Waals surface area contributed by atoms with Gasteiger partial charge in [0.25, 0.3) is 0 Å². The Bertz CT molecular complexity index is 486. The quantitative estimate of drug-likeness (QED) is 0.840. The fourth-order valence-corrected chi connectivity index (χ4v) is 2.35. The summed E-state index contributed by atoms with van der Waals surface area (Å²) in [4.78, 5) is 25.8. The zero-order valence-corrected chi connectivity index (χ0v) is 12.6. The van der Waals surface area contributed by atoms with Crippen LogP contribution in [-0.2, 0) is 11.3 Å². The molecule has 1 atom stereocenters. The smallest absolute Gasteiger partial charge is 0.321 e. The molecule has 0 saturated heterocycles. The van der Waals surface area contributed by atoms with Gasteiger partial charge in [-0.15, -0.1) is 0 Å². The lowest BCUT2D eigenvalue weighted by atomic mass is 10.1. The molecular formula is C16H23N3O2. The van der Waals surface area contributed by atoms with Gasteiger partial charge in [0.2, 0.25) is 5.91 Å². The highest BCUT2D eigenvalue weighted by Crippen LogP contribution is 2.30. The van der Waals surface area contributed by atoms with Crippen LogP contribution in [0, 0.1) is 0 Å². The first kappa shape index (κ1) is 15.5. The molecule has 1 unspecified atom stereocenters. The minimum atomic E-state index is -0.426. The van der Waals surface area contributed by atoms with Gasteiger partial charge in [-0.05, 0) is 32.3 Å². The van der Waals surface area contributed by atoms with E-state index in [9.17, 15) is 9.59 Å². The van der Waals surface area contributed by atoms with Gasteiger partial charge in [-0.1, -0.05) is 30.3 Å². The first-order chi connectivity index (χ1) is 10.1. The molecule has 5 heteroatoms. The number of carbonyl (C=O) groups excluding carboxylic acids is 2. The molecule has 0 aromatic heterocycles. The Balaban J connectivity index is 1.97. The molecule has 2 N–H and O–H groups in total. The predicted octanol–water partition coefficient (Wildman–Crippen LogP) is 1.89. The van der Waals surface area contributed by atoms with Crippen molar-refractivity contribution in [3.63, 3.8) is 0 Å². The number of nitrogens with one attached hydrogen (secondary N) is 2. The summed E-state index contributed by atoms with van der Waals surface area (Å²) in [6.07, 6.45) is 2.23. The van der Waals surface area contributed by atoms with Crippen molar-refractivity contribution in [3.8, 4) is 0 Å². The number of carbonyl (C=O) groups is 2. The van der Waals surface area contributed by atoms with Crippen LogP contribution in [0.5, 0.6) is 0 Å². The van der Waals surface area contributed by atoms with Crippen LogP contribution in [0.25, 0.3) is 0 Å². The molecule has 0 spiro atoms.